The zero-order valence-electron chi connectivity index (χ0n) is 13.8. The molecule has 5 heteroatoms. The smallest absolute Gasteiger partial charge is 0.327 e. The summed E-state index contributed by atoms with van der Waals surface area (Å²) in [7, 11) is 0. The van der Waals surface area contributed by atoms with Gasteiger partial charge in [0, 0.05) is 29.2 Å². The minimum Gasteiger partial charge on any atom is -0.347 e. The number of hydrogen-bond donors (Lipinski definition) is 0. The summed E-state index contributed by atoms with van der Waals surface area (Å²) >= 11 is 6.32. The van der Waals surface area contributed by atoms with Crippen LogP contribution in [0, 0.1) is 0 Å². The maximum atomic E-state index is 13.3. The highest BCUT2D eigenvalue weighted by molar-refractivity contribution is 6.30. The van der Waals surface area contributed by atoms with E-state index >= 15 is 0 Å². The van der Waals surface area contributed by atoms with Crippen molar-refractivity contribution in [3.8, 4) is 0 Å². The second-order valence-corrected chi connectivity index (χ2v) is 6.64. The summed E-state index contributed by atoms with van der Waals surface area (Å²) in [6, 6.07) is 15.4. The molecule has 4 rings (SSSR count). The van der Waals surface area contributed by atoms with Gasteiger partial charge >= 0.3 is 6.03 Å². The number of carbonyl (C=O) groups is 1. The molecule has 128 valence electrons. The van der Waals surface area contributed by atoms with Crippen LogP contribution < -0.4 is 4.90 Å². The first-order chi connectivity index (χ1) is 12.2. The fraction of sp³-hybridized carbons (Fsp3) is 0.250. The Hall–Kier alpha value is -2.30. The van der Waals surface area contributed by atoms with E-state index in [1.54, 1.807) is 17.0 Å². The SMILES string of the molecule is C=CCN1C(=O)N2CCCOC2(c2ccccc2)c2cc(Cl)ccc21. The Kier molecular flexibility index (Phi) is 4.02. The van der Waals surface area contributed by atoms with Crippen molar-refractivity contribution in [2.45, 2.75) is 12.1 Å². The molecule has 2 amide bonds. The minimum atomic E-state index is -0.936. The molecule has 2 aliphatic heterocycles. The second-order valence-electron chi connectivity index (χ2n) is 6.21. The number of anilines is 1. The highest BCUT2D eigenvalue weighted by atomic mass is 35.5. The molecule has 0 spiro atoms. The van der Waals surface area contributed by atoms with E-state index in [9.17, 15) is 4.79 Å². The Morgan fingerprint density at radius 2 is 2.04 bits per heavy atom. The van der Waals surface area contributed by atoms with Crippen molar-refractivity contribution in [1.29, 1.82) is 0 Å². The van der Waals surface area contributed by atoms with Gasteiger partial charge in [0.05, 0.1) is 12.3 Å². The number of carbonyl (C=O) groups excluding carboxylic acids is 1. The molecule has 2 aliphatic rings. The van der Waals surface area contributed by atoms with Gasteiger partial charge in [-0.1, -0.05) is 48.0 Å². The van der Waals surface area contributed by atoms with Gasteiger partial charge in [-0.3, -0.25) is 9.80 Å². The first-order valence-corrected chi connectivity index (χ1v) is 8.76. The van der Waals surface area contributed by atoms with Crippen LogP contribution in [0.5, 0.6) is 0 Å². The summed E-state index contributed by atoms with van der Waals surface area (Å²) in [4.78, 5) is 16.8. The number of urea groups is 1. The molecular weight excluding hydrogens is 336 g/mol. The van der Waals surface area contributed by atoms with Crippen LogP contribution in [0.1, 0.15) is 17.5 Å². The van der Waals surface area contributed by atoms with Crippen LogP contribution in [0.4, 0.5) is 10.5 Å². The summed E-state index contributed by atoms with van der Waals surface area (Å²) in [5.41, 5.74) is 1.71. The van der Waals surface area contributed by atoms with E-state index in [1.165, 1.54) is 0 Å². The average molecular weight is 355 g/mol. The van der Waals surface area contributed by atoms with Crippen LogP contribution in [0.15, 0.2) is 61.2 Å². The van der Waals surface area contributed by atoms with Gasteiger partial charge in [0.15, 0.2) is 5.72 Å². The first kappa shape index (κ1) is 16.2. The Balaban J connectivity index is 2.02. The lowest BCUT2D eigenvalue weighted by Gasteiger charge is -2.52. The number of amides is 2. The summed E-state index contributed by atoms with van der Waals surface area (Å²) in [5.74, 6) is 0. The summed E-state index contributed by atoms with van der Waals surface area (Å²) in [6.07, 6.45) is 2.54. The third-order valence-corrected chi connectivity index (χ3v) is 5.01. The average Bonchev–Trinajstić information content (AvgIpc) is 2.66. The topological polar surface area (TPSA) is 32.8 Å². The monoisotopic (exact) mass is 354 g/mol. The normalized spacial score (nSPS) is 22.4. The fourth-order valence-electron chi connectivity index (χ4n) is 3.76. The maximum absolute atomic E-state index is 13.3. The molecule has 1 saturated heterocycles. The third-order valence-electron chi connectivity index (χ3n) is 4.77. The predicted octanol–water partition coefficient (Wildman–Crippen LogP) is 4.39. The first-order valence-electron chi connectivity index (χ1n) is 8.38. The molecule has 2 aromatic carbocycles. The van der Waals surface area contributed by atoms with Crippen molar-refractivity contribution < 1.29 is 9.53 Å². The van der Waals surface area contributed by atoms with Crippen molar-refractivity contribution in [2.24, 2.45) is 0 Å². The summed E-state index contributed by atoms with van der Waals surface area (Å²) in [6.45, 7) is 5.45. The largest absolute Gasteiger partial charge is 0.347 e. The van der Waals surface area contributed by atoms with Crippen LogP contribution in [0.3, 0.4) is 0 Å². The van der Waals surface area contributed by atoms with E-state index in [2.05, 4.69) is 6.58 Å². The molecule has 0 aliphatic carbocycles. The van der Waals surface area contributed by atoms with Gasteiger partial charge < -0.3 is 4.74 Å². The number of hydrogen-bond acceptors (Lipinski definition) is 2. The number of ether oxygens (including phenoxy) is 1. The van der Waals surface area contributed by atoms with E-state index in [0.29, 0.717) is 24.7 Å². The Labute approximate surface area is 152 Å². The molecular formula is C20H19ClN2O2. The third kappa shape index (κ3) is 2.36. The lowest BCUT2D eigenvalue weighted by Crippen LogP contribution is -2.62. The molecule has 1 fully saturated rings. The molecule has 2 aromatic rings. The van der Waals surface area contributed by atoms with E-state index in [4.69, 9.17) is 16.3 Å². The van der Waals surface area contributed by atoms with Gasteiger partial charge in [0.25, 0.3) is 0 Å². The molecule has 1 atom stereocenters. The van der Waals surface area contributed by atoms with Crippen molar-refractivity contribution in [3.63, 3.8) is 0 Å². The van der Waals surface area contributed by atoms with Crippen LogP contribution in [0.25, 0.3) is 0 Å². The molecule has 0 saturated carbocycles. The fourth-order valence-corrected chi connectivity index (χ4v) is 3.93. The van der Waals surface area contributed by atoms with Gasteiger partial charge in [-0.25, -0.2) is 4.79 Å². The molecule has 1 unspecified atom stereocenters. The van der Waals surface area contributed by atoms with E-state index in [-0.39, 0.29) is 6.03 Å². The quantitative estimate of drug-likeness (QED) is 0.766. The Morgan fingerprint density at radius 1 is 1.24 bits per heavy atom. The maximum Gasteiger partial charge on any atom is 0.327 e. The standard InChI is InChI=1S/C20H19ClN2O2/c1-2-11-22-18-10-9-16(21)14-17(18)20(15-7-4-3-5-8-15)23(19(22)24)12-6-13-25-20/h2-5,7-10,14H,1,6,11-13H2. The zero-order valence-corrected chi connectivity index (χ0v) is 14.6. The number of halogens is 1. The number of nitrogens with zero attached hydrogens (tertiary/aromatic N) is 2. The summed E-state index contributed by atoms with van der Waals surface area (Å²) < 4.78 is 6.33. The van der Waals surface area contributed by atoms with E-state index in [1.807, 2.05) is 47.4 Å². The van der Waals surface area contributed by atoms with Crippen molar-refractivity contribution in [3.05, 3.63) is 77.3 Å². The highest BCUT2D eigenvalue weighted by Gasteiger charge is 2.52. The zero-order chi connectivity index (χ0) is 17.4. The van der Waals surface area contributed by atoms with E-state index < -0.39 is 5.72 Å². The molecule has 0 aromatic heterocycles. The summed E-state index contributed by atoms with van der Waals surface area (Å²) in [5, 5.41) is 0.621. The van der Waals surface area contributed by atoms with Gasteiger partial charge in [-0.05, 0) is 24.6 Å². The van der Waals surface area contributed by atoms with Gasteiger partial charge in [-0.15, -0.1) is 6.58 Å². The molecule has 0 N–H and O–H groups in total. The van der Waals surface area contributed by atoms with Gasteiger partial charge in [0.1, 0.15) is 0 Å². The number of rotatable bonds is 3. The predicted molar refractivity (Wildman–Crippen MR) is 98.9 cm³/mol. The van der Waals surface area contributed by atoms with Gasteiger partial charge in [-0.2, -0.15) is 0 Å². The molecule has 2 heterocycles. The molecule has 4 nitrogen and oxygen atoms in total. The number of fused-ring (bicyclic) bond motifs is 3. The van der Waals surface area contributed by atoms with Crippen molar-refractivity contribution in [1.82, 2.24) is 4.90 Å². The van der Waals surface area contributed by atoms with Gasteiger partial charge in [0.2, 0.25) is 0 Å². The minimum absolute atomic E-state index is 0.0710. The number of benzene rings is 2. The van der Waals surface area contributed by atoms with Crippen molar-refractivity contribution in [2.75, 3.05) is 24.6 Å². The van der Waals surface area contributed by atoms with Crippen LogP contribution in [-0.4, -0.2) is 30.6 Å². The molecule has 25 heavy (non-hydrogen) atoms. The van der Waals surface area contributed by atoms with Crippen LogP contribution in [-0.2, 0) is 10.5 Å². The lowest BCUT2D eigenvalue weighted by molar-refractivity contribution is -0.143. The van der Waals surface area contributed by atoms with Crippen molar-refractivity contribution >= 4 is 23.3 Å². The van der Waals surface area contributed by atoms with E-state index in [0.717, 1.165) is 23.2 Å². The van der Waals surface area contributed by atoms with Crippen LogP contribution >= 0.6 is 11.6 Å². The Morgan fingerprint density at radius 3 is 2.80 bits per heavy atom. The second kappa shape index (κ2) is 6.21. The molecule has 0 radical (unpaired) electrons. The molecule has 0 bridgehead atoms. The lowest BCUT2D eigenvalue weighted by atomic mass is 9.87. The Bertz CT molecular complexity index is 824. The highest BCUT2D eigenvalue weighted by Crippen LogP contribution is 2.48. The van der Waals surface area contributed by atoms with Crippen LogP contribution in [0.2, 0.25) is 5.02 Å².